The first kappa shape index (κ1) is 14.0. The second-order valence-corrected chi connectivity index (χ2v) is 10.8. The van der Waals surface area contributed by atoms with Gasteiger partial charge in [0, 0.05) is 18.9 Å². The average Bonchev–Trinajstić information content (AvgIpc) is 2.39. The minimum absolute atomic E-state index is 0.558. The molecule has 3 heteroatoms. The maximum absolute atomic E-state index is 5.31. The van der Waals surface area contributed by atoms with Crippen LogP contribution in [0.4, 0.5) is 0 Å². The third-order valence-corrected chi connectivity index (χ3v) is 5.21. The quantitative estimate of drug-likeness (QED) is 0.795. The van der Waals surface area contributed by atoms with Crippen molar-refractivity contribution >= 4 is 13.3 Å². The maximum Gasteiger partial charge on any atom is 0.0890 e. The van der Waals surface area contributed by atoms with E-state index in [1.165, 1.54) is 16.3 Å². The van der Waals surface area contributed by atoms with Crippen LogP contribution in [0, 0.1) is 0 Å². The molecule has 1 aromatic heterocycles. The van der Waals surface area contributed by atoms with Crippen LogP contribution in [0.1, 0.15) is 5.69 Å². The van der Waals surface area contributed by atoms with E-state index < -0.39 is 8.07 Å². The number of hydrogen-bond donors (Lipinski definition) is 0. The molecule has 1 heterocycles. The van der Waals surface area contributed by atoms with Gasteiger partial charge in [0.05, 0.1) is 20.4 Å². The van der Waals surface area contributed by atoms with Crippen LogP contribution in [0.3, 0.4) is 0 Å². The molecule has 2 aromatic rings. The SMILES string of the molecule is COCc1nccc([Si](C)(C)C)c1-c1ccccc1. The molecule has 0 aliphatic heterocycles. The molecule has 0 radical (unpaired) electrons. The van der Waals surface area contributed by atoms with Crippen LogP contribution in [0.15, 0.2) is 42.6 Å². The van der Waals surface area contributed by atoms with Crippen molar-refractivity contribution in [3.8, 4) is 11.1 Å². The van der Waals surface area contributed by atoms with Crippen LogP contribution in [0.5, 0.6) is 0 Å². The van der Waals surface area contributed by atoms with Gasteiger partial charge in [-0.2, -0.15) is 0 Å². The Morgan fingerprint density at radius 2 is 1.74 bits per heavy atom. The number of ether oxygens (including phenoxy) is 1. The van der Waals surface area contributed by atoms with Crippen LogP contribution in [-0.2, 0) is 11.3 Å². The van der Waals surface area contributed by atoms with E-state index in [4.69, 9.17) is 4.74 Å². The number of methoxy groups -OCH3 is 1. The summed E-state index contributed by atoms with van der Waals surface area (Å²) < 4.78 is 5.31. The lowest BCUT2D eigenvalue weighted by Crippen LogP contribution is -2.39. The van der Waals surface area contributed by atoms with E-state index in [0.717, 1.165) is 5.69 Å². The van der Waals surface area contributed by atoms with Gasteiger partial charge in [-0.05, 0) is 16.8 Å². The lowest BCUT2D eigenvalue weighted by atomic mass is 10.0. The predicted molar refractivity (Wildman–Crippen MR) is 83.4 cm³/mol. The first-order valence-electron chi connectivity index (χ1n) is 6.56. The summed E-state index contributed by atoms with van der Waals surface area (Å²) in [6, 6.07) is 12.7. The van der Waals surface area contributed by atoms with Gasteiger partial charge in [-0.25, -0.2) is 0 Å². The normalized spacial score (nSPS) is 11.6. The zero-order valence-corrected chi connectivity index (χ0v) is 13.1. The number of aromatic nitrogens is 1. The standard InChI is InChI=1S/C16H21NOSi/c1-18-12-14-16(13-8-6-5-7-9-13)15(10-11-17-14)19(2,3)4/h5-11H,12H2,1-4H3. The van der Waals surface area contributed by atoms with Crippen molar-refractivity contribution in [2.45, 2.75) is 26.2 Å². The summed E-state index contributed by atoms with van der Waals surface area (Å²) in [7, 11) is 0.303. The van der Waals surface area contributed by atoms with Gasteiger partial charge in [-0.3, -0.25) is 4.98 Å². The number of pyridine rings is 1. The number of rotatable bonds is 4. The Hall–Kier alpha value is -1.45. The fourth-order valence-electron chi connectivity index (χ4n) is 2.30. The van der Waals surface area contributed by atoms with Crippen molar-refractivity contribution in [1.29, 1.82) is 0 Å². The smallest absolute Gasteiger partial charge is 0.0890 e. The van der Waals surface area contributed by atoms with Gasteiger partial charge in [0.25, 0.3) is 0 Å². The summed E-state index contributed by atoms with van der Waals surface area (Å²) >= 11 is 0. The van der Waals surface area contributed by atoms with Gasteiger partial charge in [0.15, 0.2) is 0 Å². The summed E-state index contributed by atoms with van der Waals surface area (Å²) in [6.07, 6.45) is 1.91. The molecule has 0 spiro atoms. The second-order valence-electron chi connectivity index (χ2n) is 5.73. The Morgan fingerprint density at radius 3 is 2.32 bits per heavy atom. The molecule has 0 aliphatic carbocycles. The Balaban J connectivity index is 2.67. The second kappa shape index (κ2) is 5.68. The van der Waals surface area contributed by atoms with Gasteiger partial charge in [0.2, 0.25) is 0 Å². The largest absolute Gasteiger partial charge is 0.378 e. The van der Waals surface area contributed by atoms with Gasteiger partial charge in [-0.1, -0.05) is 50.0 Å². The van der Waals surface area contributed by atoms with E-state index in [0.29, 0.717) is 6.61 Å². The van der Waals surface area contributed by atoms with E-state index in [-0.39, 0.29) is 0 Å². The van der Waals surface area contributed by atoms with Crippen molar-refractivity contribution in [3.05, 3.63) is 48.3 Å². The summed E-state index contributed by atoms with van der Waals surface area (Å²) in [5.74, 6) is 0. The fraction of sp³-hybridized carbons (Fsp3) is 0.312. The highest BCUT2D eigenvalue weighted by atomic mass is 28.3. The molecule has 2 rings (SSSR count). The van der Waals surface area contributed by atoms with Crippen molar-refractivity contribution in [2.24, 2.45) is 0 Å². The van der Waals surface area contributed by atoms with Crippen molar-refractivity contribution in [3.63, 3.8) is 0 Å². The van der Waals surface area contributed by atoms with Crippen molar-refractivity contribution in [1.82, 2.24) is 4.98 Å². The molecule has 2 nitrogen and oxygen atoms in total. The lowest BCUT2D eigenvalue weighted by molar-refractivity contribution is 0.182. The zero-order valence-electron chi connectivity index (χ0n) is 12.1. The molecule has 0 saturated heterocycles. The van der Waals surface area contributed by atoms with Gasteiger partial charge in [0.1, 0.15) is 0 Å². The first-order valence-corrected chi connectivity index (χ1v) is 10.1. The van der Waals surface area contributed by atoms with Crippen LogP contribution < -0.4 is 5.19 Å². The van der Waals surface area contributed by atoms with Gasteiger partial charge in [-0.15, -0.1) is 0 Å². The van der Waals surface area contributed by atoms with E-state index in [9.17, 15) is 0 Å². The predicted octanol–water partition coefficient (Wildman–Crippen LogP) is 3.44. The molecule has 0 fully saturated rings. The summed E-state index contributed by atoms with van der Waals surface area (Å²) in [4.78, 5) is 4.52. The summed E-state index contributed by atoms with van der Waals surface area (Å²) in [5, 5.41) is 1.45. The van der Waals surface area contributed by atoms with E-state index in [1.54, 1.807) is 7.11 Å². The highest BCUT2D eigenvalue weighted by molar-refractivity contribution is 6.89. The molecule has 0 aliphatic rings. The molecule has 0 bridgehead atoms. The van der Waals surface area contributed by atoms with Crippen LogP contribution in [0.2, 0.25) is 19.6 Å². The highest BCUT2D eigenvalue weighted by Crippen LogP contribution is 2.23. The Kier molecular flexibility index (Phi) is 4.17. The van der Waals surface area contributed by atoms with E-state index in [2.05, 4.69) is 55.0 Å². The lowest BCUT2D eigenvalue weighted by Gasteiger charge is -2.23. The summed E-state index contributed by atoms with van der Waals surface area (Å²) in [6.45, 7) is 7.66. The van der Waals surface area contributed by atoms with Crippen molar-refractivity contribution in [2.75, 3.05) is 7.11 Å². The van der Waals surface area contributed by atoms with Gasteiger partial charge >= 0.3 is 0 Å². The van der Waals surface area contributed by atoms with E-state index in [1.807, 2.05) is 12.3 Å². The minimum Gasteiger partial charge on any atom is -0.378 e. The molecule has 1 aromatic carbocycles. The molecule has 100 valence electrons. The molecule has 0 saturated carbocycles. The van der Waals surface area contributed by atoms with Crippen LogP contribution >= 0.6 is 0 Å². The average molecular weight is 271 g/mol. The first-order chi connectivity index (χ1) is 9.04. The molecule has 0 atom stereocenters. The molecule has 0 unspecified atom stereocenters. The van der Waals surface area contributed by atoms with Crippen LogP contribution in [-0.4, -0.2) is 20.2 Å². The minimum atomic E-state index is -1.42. The van der Waals surface area contributed by atoms with Crippen LogP contribution in [0.25, 0.3) is 11.1 Å². The number of benzene rings is 1. The highest BCUT2D eigenvalue weighted by Gasteiger charge is 2.23. The molecular formula is C16H21NOSi. The third kappa shape index (κ3) is 3.11. The van der Waals surface area contributed by atoms with Crippen molar-refractivity contribution < 1.29 is 4.74 Å². The van der Waals surface area contributed by atoms with Gasteiger partial charge < -0.3 is 4.74 Å². The maximum atomic E-state index is 5.31. The zero-order chi connectivity index (χ0) is 13.9. The Bertz CT molecular complexity index is 546. The van der Waals surface area contributed by atoms with E-state index >= 15 is 0 Å². The Morgan fingerprint density at radius 1 is 1.05 bits per heavy atom. The topological polar surface area (TPSA) is 22.1 Å². The number of nitrogens with zero attached hydrogens (tertiary/aromatic N) is 1. The molecular weight excluding hydrogens is 250 g/mol. The monoisotopic (exact) mass is 271 g/mol. The Labute approximate surface area is 116 Å². The molecule has 19 heavy (non-hydrogen) atoms. The molecule has 0 N–H and O–H groups in total. The summed E-state index contributed by atoms with van der Waals surface area (Å²) in [5.41, 5.74) is 3.54. The number of hydrogen-bond acceptors (Lipinski definition) is 2. The fourth-order valence-corrected chi connectivity index (χ4v) is 3.92. The molecule has 0 amide bonds. The third-order valence-electron chi connectivity index (χ3n) is 3.18.